The first-order valence-electron chi connectivity index (χ1n) is 10.8. The maximum absolute atomic E-state index is 14.0. The van der Waals surface area contributed by atoms with E-state index in [1.807, 2.05) is 12.1 Å². The maximum atomic E-state index is 14.0. The van der Waals surface area contributed by atoms with Crippen molar-refractivity contribution in [1.29, 1.82) is 0 Å². The average Bonchev–Trinajstić information content (AvgIpc) is 3.15. The number of nitrogens with one attached hydrogen (secondary N) is 1. The van der Waals surface area contributed by atoms with Crippen LogP contribution in [0.15, 0.2) is 77.9 Å². The summed E-state index contributed by atoms with van der Waals surface area (Å²) in [6.45, 7) is 0.202. The smallest absolute Gasteiger partial charge is 0.278 e. The SMILES string of the molecule is O=C(Cn1c2ccc(F)cc2c2ncn(Cc3ccccc3Cl)c(=O)c21)NCc1ccc(F)cc1. The normalized spacial score (nSPS) is 11.3. The number of carbonyl (C=O) groups excluding carboxylic acids is 1. The Kier molecular flexibility index (Phi) is 6.05. The third-order valence-corrected chi connectivity index (χ3v) is 6.16. The van der Waals surface area contributed by atoms with Crippen molar-refractivity contribution in [3.8, 4) is 0 Å². The van der Waals surface area contributed by atoms with Gasteiger partial charge < -0.3 is 9.88 Å². The van der Waals surface area contributed by atoms with E-state index in [9.17, 15) is 18.4 Å². The van der Waals surface area contributed by atoms with E-state index in [0.717, 1.165) is 11.1 Å². The van der Waals surface area contributed by atoms with Crippen molar-refractivity contribution in [1.82, 2.24) is 19.4 Å². The van der Waals surface area contributed by atoms with Gasteiger partial charge in [0.2, 0.25) is 5.91 Å². The van der Waals surface area contributed by atoms with E-state index in [1.165, 1.54) is 41.2 Å². The van der Waals surface area contributed by atoms with E-state index in [2.05, 4.69) is 10.3 Å². The maximum Gasteiger partial charge on any atom is 0.278 e. The highest BCUT2D eigenvalue weighted by atomic mass is 35.5. The van der Waals surface area contributed by atoms with Gasteiger partial charge >= 0.3 is 0 Å². The van der Waals surface area contributed by atoms with Crippen LogP contribution in [0.4, 0.5) is 8.78 Å². The molecule has 3 aromatic carbocycles. The van der Waals surface area contributed by atoms with Crippen molar-refractivity contribution in [3.63, 3.8) is 0 Å². The van der Waals surface area contributed by atoms with Crippen LogP contribution in [0, 0.1) is 11.6 Å². The fraction of sp³-hybridized carbons (Fsp3) is 0.115. The minimum absolute atomic E-state index is 0.181. The molecule has 5 aromatic rings. The van der Waals surface area contributed by atoms with Gasteiger partial charge in [-0.25, -0.2) is 13.8 Å². The second kappa shape index (κ2) is 9.31. The van der Waals surface area contributed by atoms with Gasteiger partial charge in [-0.05, 0) is 47.5 Å². The molecule has 9 heteroatoms. The molecule has 5 rings (SSSR count). The van der Waals surface area contributed by atoms with Gasteiger partial charge in [-0.2, -0.15) is 0 Å². The summed E-state index contributed by atoms with van der Waals surface area (Å²) in [5, 5.41) is 3.73. The van der Waals surface area contributed by atoms with E-state index in [4.69, 9.17) is 11.6 Å². The van der Waals surface area contributed by atoms with E-state index in [-0.39, 0.29) is 42.4 Å². The van der Waals surface area contributed by atoms with E-state index < -0.39 is 5.82 Å². The highest BCUT2D eigenvalue weighted by Crippen LogP contribution is 2.26. The zero-order chi connectivity index (χ0) is 24.5. The van der Waals surface area contributed by atoms with Crippen LogP contribution in [0.5, 0.6) is 0 Å². The molecular weight excluding hydrogens is 474 g/mol. The fourth-order valence-electron chi connectivity index (χ4n) is 4.06. The predicted molar refractivity (Wildman–Crippen MR) is 130 cm³/mol. The van der Waals surface area contributed by atoms with Crippen LogP contribution in [-0.2, 0) is 24.4 Å². The van der Waals surface area contributed by atoms with Crippen LogP contribution >= 0.6 is 11.6 Å². The molecule has 0 saturated heterocycles. The van der Waals surface area contributed by atoms with Gasteiger partial charge in [0.25, 0.3) is 5.56 Å². The molecule has 0 aliphatic rings. The molecule has 0 saturated carbocycles. The minimum Gasteiger partial charge on any atom is -0.350 e. The summed E-state index contributed by atoms with van der Waals surface area (Å²) in [7, 11) is 0. The zero-order valence-corrected chi connectivity index (χ0v) is 19.1. The fourth-order valence-corrected chi connectivity index (χ4v) is 4.26. The van der Waals surface area contributed by atoms with Crippen molar-refractivity contribution >= 4 is 39.4 Å². The Morgan fingerprint density at radius 2 is 1.74 bits per heavy atom. The Balaban J connectivity index is 1.54. The van der Waals surface area contributed by atoms with Crippen molar-refractivity contribution < 1.29 is 13.6 Å². The van der Waals surface area contributed by atoms with E-state index in [1.54, 1.807) is 28.8 Å². The van der Waals surface area contributed by atoms with Crippen LogP contribution in [0.1, 0.15) is 11.1 Å². The molecule has 0 aliphatic carbocycles. The Morgan fingerprint density at radius 3 is 2.51 bits per heavy atom. The lowest BCUT2D eigenvalue weighted by atomic mass is 10.2. The van der Waals surface area contributed by atoms with Gasteiger partial charge in [0, 0.05) is 17.0 Å². The Labute approximate surface area is 203 Å². The highest BCUT2D eigenvalue weighted by molar-refractivity contribution is 6.31. The molecule has 2 heterocycles. The molecular formula is C26H19ClF2N4O2. The lowest BCUT2D eigenvalue weighted by molar-refractivity contribution is -0.121. The number of nitrogens with zero attached hydrogens (tertiary/aromatic N) is 3. The van der Waals surface area contributed by atoms with Gasteiger partial charge in [-0.1, -0.05) is 41.9 Å². The number of fused-ring (bicyclic) bond motifs is 3. The Bertz CT molecular complexity index is 1630. The van der Waals surface area contributed by atoms with Gasteiger partial charge in [-0.15, -0.1) is 0 Å². The summed E-state index contributed by atoms with van der Waals surface area (Å²) < 4.78 is 30.1. The molecule has 0 unspecified atom stereocenters. The second-order valence-corrected chi connectivity index (χ2v) is 8.52. The molecule has 0 spiro atoms. The van der Waals surface area contributed by atoms with E-state index >= 15 is 0 Å². The summed E-state index contributed by atoms with van der Waals surface area (Å²) in [5.74, 6) is -1.20. The molecule has 0 fully saturated rings. The molecule has 1 amide bonds. The number of hydrogen-bond acceptors (Lipinski definition) is 3. The highest BCUT2D eigenvalue weighted by Gasteiger charge is 2.19. The number of aromatic nitrogens is 3. The number of halogens is 3. The van der Waals surface area contributed by atoms with Crippen LogP contribution in [-0.4, -0.2) is 20.0 Å². The monoisotopic (exact) mass is 492 g/mol. The third-order valence-electron chi connectivity index (χ3n) is 5.79. The first-order valence-corrected chi connectivity index (χ1v) is 11.2. The van der Waals surface area contributed by atoms with Crippen molar-refractivity contribution in [3.05, 3.63) is 111 Å². The second-order valence-electron chi connectivity index (χ2n) is 8.12. The first kappa shape index (κ1) is 22.7. The molecule has 0 radical (unpaired) electrons. The van der Waals surface area contributed by atoms with Crippen LogP contribution in [0.25, 0.3) is 21.9 Å². The van der Waals surface area contributed by atoms with Crippen molar-refractivity contribution in [2.24, 2.45) is 0 Å². The summed E-state index contributed by atoms with van der Waals surface area (Å²) in [6.07, 6.45) is 1.40. The topological polar surface area (TPSA) is 68.9 Å². The van der Waals surface area contributed by atoms with Crippen LogP contribution in [0.3, 0.4) is 0 Å². The molecule has 0 atom stereocenters. The first-order chi connectivity index (χ1) is 16.9. The van der Waals surface area contributed by atoms with Gasteiger partial charge in [0.05, 0.1) is 18.4 Å². The molecule has 0 aliphatic heterocycles. The summed E-state index contributed by atoms with van der Waals surface area (Å²) in [6, 6.07) is 17.1. The van der Waals surface area contributed by atoms with E-state index in [0.29, 0.717) is 21.4 Å². The van der Waals surface area contributed by atoms with Crippen molar-refractivity contribution in [2.75, 3.05) is 0 Å². The van der Waals surface area contributed by atoms with Crippen LogP contribution < -0.4 is 10.9 Å². The van der Waals surface area contributed by atoms with Gasteiger partial charge in [0.1, 0.15) is 29.2 Å². The van der Waals surface area contributed by atoms with Crippen LogP contribution in [0.2, 0.25) is 5.02 Å². The molecule has 6 nitrogen and oxygen atoms in total. The quantitative estimate of drug-likeness (QED) is 0.375. The summed E-state index contributed by atoms with van der Waals surface area (Å²) in [5.41, 5.74) is 2.11. The molecule has 2 aromatic heterocycles. The summed E-state index contributed by atoms with van der Waals surface area (Å²) in [4.78, 5) is 30.8. The largest absolute Gasteiger partial charge is 0.350 e. The third kappa shape index (κ3) is 4.52. The zero-order valence-electron chi connectivity index (χ0n) is 18.3. The van der Waals surface area contributed by atoms with Crippen molar-refractivity contribution in [2.45, 2.75) is 19.6 Å². The molecule has 176 valence electrons. The number of carbonyl (C=O) groups is 1. The molecule has 0 bridgehead atoms. The molecule has 35 heavy (non-hydrogen) atoms. The average molecular weight is 493 g/mol. The summed E-state index contributed by atoms with van der Waals surface area (Å²) >= 11 is 6.26. The standard InChI is InChI=1S/C26H19ClF2N4O2/c27-21-4-2-1-3-17(21)13-32-15-31-24-20-11-19(29)9-10-22(20)33(25(24)26(32)35)14-23(34)30-12-16-5-7-18(28)8-6-16/h1-11,15H,12-14H2,(H,30,34). The lowest BCUT2D eigenvalue weighted by Gasteiger charge is -2.10. The van der Waals surface area contributed by atoms with Gasteiger partial charge in [0.15, 0.2) is 0 Å². The number of benzene rings is 3. The number of rotatable bonds is 6. The Morgan fingerprint density at radius 1 is 1.00 bits per heavy atom. The lowest BCUT2D eigenvalue weighted by Crippen LogP contribution is -2.29. The molecule has 1 N–H and O–H groups in total. The predicted octanol–water partition coefficient (Wildman–Crippen LogP) is 4.65. The number of amides is 1. The van der Waals surface area contributed by atoms with Gasteiger partial charge in [-0.3, -0.25) is 14.2 Å². The Hall–Kier alpha value is -4.04. The number of hydrogen-bond donors (Lipinski definition) is 1. The minimum atomic E-state index is -0.473.